The first kappa shape index (κ1) is 19.4. The van der Waals surface area contributed by atoms with Crippen LogP contribution in [0.5, 0.6) is 0 Å². The molecule has 1 N–H and O–H groups in total. The summed E-state index contributed by atoms with van der Waals surface area (Å²) in [6.07, 6.45) is 14.0. The maximum Gasteiger partial charge on any atom is 0.335 e. The lowest BCUT2D eigenvalue weighted by Crippen LogP contribution is -2.33. The van der Waals surface area contributed by atoms with Crippen LogP contribution < -0.4 is 0 Å². The normalized spacial score (nSPS) is 20.6. The lowest BCUT2D eigenvalue weighted by atomic mass is 10.1. The SMILES string of the molecule is C/C(=C\C=C/[C@H]1CCC(=O)N1CCc1ccc(C(=O)O)cc1)CCC1CC1. The fourth-order valence-electron chi connectivity index (χ4n) is 3.58. The van der Waals surface area contributed by atoms with Crippen molar-refractivity contribution in [1.29, 1.82) is 0 Å². The standard InChI is InChI=1S/C23H29NO3/c1-17(5-6-18-7-8-18)3-2-4-21-13-14-22(25)24(21)16-15-19-9-11-20(12-10-19)23(26)27/h2-4,9-12,18,21H,5-8,13-16H2,1H3,(H,26,27)/b4-2-,17-3+/t21-/m0/s1. The third-order valence-electron chi connectivity index (χ3n) is 5.57. The molecular formula is C23H29NO3. The maximum absolute atomic E-state index is 12.2. The fraction of sp³-hybridized carbons (Fsp3) is 0.478. The molecule has 0 bridgehead atoms. The van der Waals surface area contributed by atoms with E-state index in [-0.39, 0.29) is 11.9 Å². The van der Waals surface area contributed by atoms with Crippen molar-refractivity contribution in [2.45, 2.75) is 57.9 Å². The number of carboxylic acid groups (broad SMARTS) is 1. The first-order valence-corrected chi connectivity index (χ1v) is 9.98. The molecule has 0 aromatic heterocycles. The second-order valence-electron chi connectivity index (χ2n) is 7.83. The summed E-state index contributed by atoms with van der Waals surface area (Å²) in [5, 5.41) is 8.97. The van der Waals surface area contributed by atoms with Crippen molar-refractivity contribution in [3.05, 3.63) is 59.2 Å². The van der Waals surface area contributed by atoms with Crippen LogP contribution in [0, 0.1) is 5.92 Å². The van der Waals surface area contributed by atoms with Crippen LogP contribution in [0.3, 0.4) is 0 Å². The van der Waals surface area contributed by atoms with Crippen LogP contribution in [-0.2, 0) is 11.2 Å². The molecule has 0 spiro atoms. The van der Waals surface area contributed by atoms with Gasteiger partial charge in [0.2, 0.25) is 5.91 Å². The van der Waals surface area contributed by atoms with Crippen molar-refractivity contribution in [2.75, 3.05) is 6.54 Å². The quantitative estimate of drug-likeness (QED) is 0.648. The summed E-state index contributed by atoms with van der Waals surface area (Å²) < 4.78 is 0. The number of likely N-dealkylation sites (tertiary alicyclic amines) is 1. The van der Waals surface area contributed by atoms with Crippen molar-refractivity contribution >= 4 is 11.9 Å². The van der Waals surface area contributed by atoms with Gasteiger partial charge in [-0.15, -0.1) is 0 Å². The van der Waals surface area contributed by atoms with Crippen LogP contribution in [0.4, 0.5) is 0 Å². The Morgan fingerprint density at radius 2 is 1.96 bits per heavy atom. The van der Waals surface area contributed by atoms with Gasteiger partial charge in [0, 0.05) is 13.0 Å². The van der Waals surface area contributed by atoms with E-state index < -0.39 is 5.97 Å². The van der Waals surface area contributed by atoms with Gasteiger partial charge in [0.1, 0.15) is 0 Å². The van der Waals surface area contributed by atoms with Gasteiger partial charge in [0.15, 0.2) is 0 Å². The van der Waals surface area contributed by atoms with E-state index in [9.17, 15) is 9.59 Å². The van der Waals surface area contributed by atoms with Gasteiger partial charge < -0.3 is 10.0 Å². The van der Waals surface area contributed by atoms with E-state index in [4.69, 9.17) is 5.11 Å². The summed E-state index contributed by atoms with van der Waals surface area (Å²) in [7, 11) is 0. The van der Waals surface area contributed by atoms with Crippen LogP contribution >= 0.6 is 0 Å². The van der Waals surface area contributed by atoms with Gasteiger partial charge in [0.05, 0.1) is 11.6 Å². The molecule has 1 saturated heterocycles. The zero-order valence-corrected chi connectivity index (χ0v) is 16.1. The number of nitrogens with zero attached hydrogens (tertiary/aromatic N) is 1. The largest absolute Gasteiger partial charge is 0.478 e. The first-order chi connectivity index (χ1) is 13.0. The molecule has 0 unspecified atom stereocenters. The van der Waals surface area contributed by atoms with Crippen molar-refractivity contribution < 1.29 is 14.7 Å². The van der Waals surface area contributed by atoms with E-state index in [0.29, 0.717) is 18.5 Å². The molecule has 1 atom stereocenters. The first-order valence-electron chi connectivity index (χ1n) is 9.98. The van der Waals surface area contributed by atoms with Gasteiger partial charge in [-0.3, -0.25) is 4.79 Å². The highest BCUT2D eigenvalue weighted by molar-refractivity contribution is 5.87. The van der Waals surface area contributed by atoms with Crippen LogP contribution in [0.1, 0.15) is 61.4 Å². The van der Waals surface area contributed by atoms with Gasteiger partial charge in [-0.05, 0) is 56.2 Å². The Kier molecular flexibility index (Phi) is 6.49. The van der Waals surface area contributed by atoms with Crippen molar-refractivity contribution in [1.82, 2.24) is 4.90 Å². The van der Waals surface area contributed by atoms with Crippen molar-refractivity contribution in [3.63, 3.8) is 0 Å². The molecule has 1 aromatic rings. The Bertz CT molecular complexity index is 728. The van der Waals surface area contributed by atoms with E-state index in [1.807, 2.05) is 17.0 Å². The minimum absolute atomic E-state index is 0.170. The predicted octanol–water partition coefficient (Wildman–Crippen LogP) is 4.61. The zero-order chi connectivity index (χ0) is 19.2. The fourth-order valence-corrected chi connectivity index (χ4v) is 3.58. The highest BCUT2D eigenvalue weighted by Gasteiger charge is 2.28. The number of amides is 1. The highest BCUT2D eigenvalue weighted by Crippen LogP contribution is 2.34. The third-order valence-corrected chi connectivity index (χ3v) is 5.57. The lowest BCUT2D eigenvalue weighted by molar-refractivity contribution is -0.128. The molecule has 1 saturated carbocycles. The monoisotopic (exact) mass is 367 g/mol. The topological polar surface area (TPSA) is 57.6 Å². The number of hydrogen-bond donors (Lipinski definition) is 1. The molecule has 3 rings (SSSR count). The molecule has 2 fully saturated rings. The minimum atomic E-state index is -0.915. The summed E-state index contributed by atoms with van der Waals surface area (Å²) in [4.78, 5) is 25.1. The Morgan fingerprint density at radius 1 is 1.22 bits per heavy atom. The smallest absolute Gasteiger partial charge is 0.335 e. The number of carboxylic acids is 1. The molecule has 1 heterocycles. The number of hydrogen-bond acceptors (Lipinski definition) is 2. The second kappa shape index (κ2) is 9.03. The average Bonchev–Trinajstić information content (AvgIpc) is 3.42. The van der Waals surface area contributed by atoms with Gasteiger partial charge in [-0.1, -0.05) is 48.8 Å². The number of benzene rings is 1. The number of carbonyl (C=O) groups is 2. The molecule has 2 aliphatic rings. The molecule has 1 aromatic carbocycles. The number of carbonyl (C=O) groups excluding carboxylic acids is 1. The molecule has 4 nitrogen and oxygen atoms in total. The van der Waals surface area contributed by atoms with E-state index in [2.05, 4.69) is 25.2 Å². The van der Waals surface area contributed by atoms with Gasteiger partial charge in [0.25, 0.3) is 0 Å². The third kappa shape index (κ3) is 5.81. The molecule has 144 valence electrons. The van der Waals surface area contributed by atoms with Crippen LogP contribution in [0.15, 0.2) is 48.1 Å². The zero-order valence-electron chi connectivity index (χ0n) is 16.1. The van der Waals surface area contributed by atoms with Crippen molar-refractivity contribution in [3.8, 4) is 0 Å². The van der Waals surface area contributed by atoms with Gasteiger partial charge in [-0.25, -0.2) is 4.79 Å². The Balaban J connectivity index is 1.51. The van der Waals surface area contributed by atoms with E-state index in [1.165, 1.54) is 31.3 Å². The van der Waals surface area contributed by atoms with E-state index in [1.54, 1.807) is 12.1 Å². The van der Waals surface area contributed by atoms with Crippen LogP contribution in [0.25, 0.3) is 0 Å². The minimum Gasteiger partial charge on any atom is -0.478 e. The van der Waals surface area contributed by atoms with Crippen LogP contribution in [-0.4, -0.2) is 34.5 Å². The second-order valence-corrected chi connectivity index (χ2v) is 7.83. The number of allylic oxidation sites excluding steroid dienone is 3. The number of aromatic carboxylic acids is 1. The average molecular weight is 367 g/mol. The van der Waals surface area contributed by atoms with Gasteiger partial charge >= 0.3 is 5.97 Å². The molecule has 1 aliphatic heterocycles. The molecular weight excluding hydrogens is 338 g/mol. The molecule has 1 aliphatic carbocycles. The summed E-state index contributed by atoms with van der Waals surface area (Å²) in [6, 6.07) is 7.08. The molecule has 27 heavy (non-hydrogen) atoms. The molecule has 1 amide bonds. The van der Waals surface area contributed by atoms with E-state index in [0.717, 1.165) is 24.3 Å². The van der Waals surface area contributed by atoms with Crippen molar-refractivity contribution in [2.24, 2.45) is 5.92 Å². The molecule has 0 radical (unpaired) electrons. The summed E-state index contributed by atoms with van der Waals surface area (Å²) >= 11 is 0. The highest BCUT2D eigenvalue weighted by atomic mass is 16.4. The Morgan fingerprint density at radius 3 is 2.63 bits per heavy atom. The molecule has 4 heteroatoms. The number of rotatable bonds is 9. The summed E-state index contributed by atoms with van der Waals surface area (Å²) in [5.74, 6) is 0.257. The van der Waals surface area contributed by atoms with Gasteiger partial charge in [-0.2, -0.15) is 0 Å². The lowest BCUT2D eigenvalue weighted by Gasteiger charge is -2.22. The summed E-state index contributed by atoms with van der Waals surface area (Å²) in [6.45, 7) is 2.86. The Hall–Kier alpha value is -2.36. The predicted molar refractivity (Wildman–Crippen MR) is 107 cm³/mol. The van der Waals surface area contributed by atoms with Crippen LogP contribution in [0.2, 0.25) is 0 Å². The summed E-state index contributed by atoms with van der Waals surface area (Å²) in [5.41, 5.74) is 2.76. The maximum atomic E-state index is 12.2. The Labute approximate surface area is 161 Å². The van der Waals surface area contributed by atoms with E-state index >= 15 is 0 Å².